The predicted molar refractivity (Wildman–Crippen MR) is 138 cm³/mol. The van der Waals surface area contributed by atoms with Gasteiger partial charge in [0.1, 0.15) is 6.10 Å². The summed E-state index contributed by atoms with van der Waals surface area (Å²) in [5, 5.41) is 0. The number of ether oxygens (including phenoxy) is 1. The average molecular weight is 455 g/mol. The molecule has 0 spiro atoms. The first-order valence-corrected chi connectivity index (χ1v) is 14.2. The van der Waals surface area contributed by atoms with Crippen LogP contribution in [0.1, 0.15) is 112 Å². The number of hydrogen-bond donors (Lipinski definition) is 0. The van der Waals surface area contributed by atoms with Crippen molar-refractivity contribution in [3.05, 3.63) is 23.8 Å². The van der Waals surface area contributed by atoms with Crippen LogP contribution in [-0.4, -0.2) is 12.1 Å². The molecule has 8 unspecified atom stereocenters. The number of hydrogen-bond acceptors (Lipinski definition) is 2. The van der Waals surface area contributed by atoms with Gasteiger partial charge < -0.3 is 4.74 Å². The normalized spacial score (nSPS) is 41.3. The number of carbonyl (C=O) groups excluding carboxylic acids is 1. The first-order chi connectivity index (χ1) is 15.7. The molecule has 0 aromatic heterocycles. The maximum absolute atomic E-state index is 12.0. The summed E-state index contributed by atoms with van der Waals surface area (Å²) in [6.07, 6.45) is 20.4. The molecular formula is C31H50O2. The first-order valence-electron chi connectivity index (χ1n) is 14.2. The molecule has 4 rings (SSSR count). The molecule has 0 bridgehead atoms. The van der Waals surface area contributed by atoms with Gasteiger partial charge in [-0.15, -0.1) is 0 Å². The Hall–Kier alpha value is -1.05. The topological polar surface area (TPSA) is 26.3 Å². The maximum atomic E-state index is 12.0. The average Bonchev–Trinajstić information content (AvgIpc) is 3.11. The van der Waals surface area contributed by atoms with Gasteiger partial charge >= 0.3 is 5.97 Å². The summed E-state index contributed by atoms with van der Waals surface area (Å²) >= 11 is 0. The van der Waals surface area contributed by atoms with Crippen LogP contribution in [0.2, 0.25) is 0 Å². The Kier molecular flexibility index (Phi) is 7.52. The van der Waals surface area contributed by atoms with E-state index in [1.807, 2.05) is 6.92 Å². The van der Waals surface area contributed by atoms with E-state index < -0.39 is 0 Å². The van der Waals surface area contributed by atoms with Crippen molar-refractivity contribution in [3.63, 3.8) is 0 Å². The van der Waals surface area contributed by atoms with Crippen LogP contribution in [0.5, 0.6) is 0 Å². The number of rotatable bonds is 7. The summed E-state index contributed by atoms with van der Waals surface area (Å²) < 4.78 is 5.77. The highest BCUT2D eigenvalue weighted by Gasteiger charge is 2.59. The van der Waals surface area contributed by atoms with Crippen molar-refractivity contribution in [1.82, 2.24) is 0 Å². The van der Waals surface area contributed by atoms with Crippen molar-refractivity contribution in [2.24, 2.45) is 46.3 Å². The van der Waals surface area contributed by atoms with Crippen LogP contribution in [0.4, 0.5) is 0 Å². The van der Waals surface area contributed by atoms with Crippen LogP contribution in [-0.2, 0) is 9.53 Å². The third-order valence-corrected chi connectivity index (χ3v) is 10.8. The summed E-state index contributed by atoms with van der Waals surface area (Å²) in [4.78, 5) is 12.0. The zero-order valence-corrected chi connectivity index (χ0v) is 22.4. The van der Waals surface area contributed by atoms with E-state index in [2.05, 4.69) is 40.7 Å². The highest BCUT2D eigenvalue weighted by molar-refractivity contribution is 5.81. The molecule has 3 fully saturated rings. The summed E-state index contributed by atoms with van der Waals surface area (Å²) in [6.45, 7) is 14.4. The molecule has 2 heteroatoms. The smallest absolute Gasteiger partial charge is 0.330 e. The second-order valence-electron chi connectivity index (χ2n) is 13.1. The monoisotopic (exact) mass is 454 g/mol. The summed E-state index contributed by atoms with van der Waals surface area (Å²) in [5.74, 6) is 5.08. The number of fused-ring (bicyclic) bond motifs is 5. The minimum atomic E-state index is -0.173. The van der Waals surface area contributed by atoms with Crippen molar-refractivity contribution in [1.29, 1.82) is 0 Å². The van der Waals surface area contributed by atoms with Gasteiger partial charge in [0.2, 0.25) is 0 Å². The van der Waals surface area contributed by atoms with Crippen molar-refractivity contribution in [2.75, 3.05) is 0 Å². The zero-order valence-electron chi connectivity index (χ0n) is 22.4. The number of esters is 1. The molecule has 0 aromatic carbocycles. The fraction of sp³-hybridized carbons (Fsp3) is 0.839. The van der Waals surface area contributed by atoms with Gasteiger partial charge in [-0.3, -0.25) is 0 Å². The molecule has 4 aliphatic carbocycles. The van der Waals surface area contributed by atoms with Crippen LogP contribution in [0.15, 0.2) is 23.8 Å². The van der Waals surface area contributed by atoms with E-state index in [-0.39, 0.29) is 12.1 Å². The summed E-state index contributed by atoms with van der Waals surface area (Å²) in [6, 6.07) is 0. The van der Waals surface area contributed by atoms with E-state index in [1.165, 1.54) is 57.8 Å². The Morgan fingerprint density at radius 3 is 2.61 bits per heavy atom. The molecule has 0 aromatic rings. The van der Waals surface area contributed by atoms with Gasteiger partial charge in [-0.2, -0.15) is 0 Å². The van der Waals surface area contributed by atoms with Crippen LogP contribution in [0.3, 0.4) is 0 Å². The van der Waals surface area contributed by atoms with Crippen LogP contribution in [0.25, 0.3) is 0 Å². The van der Waals surface area contributed by atoms with E-state index in [0.717, 1.165) is 48.3 Å². The fourth-order valence-electron chi connectivity index (χ4n) is 9.09. The second-order valence-corrected chi connectivity index (χ2v) is 13.1. The van der Waals surface area contributed by atoms with Gasteiger partial charge in [-0.05, 0) is 98.2 Å². The SMILES string of the molecule is C/C=C/C(=O)OC1CCC2(C)C(=CCC3C2CCC2(C)C(C(C)CCCC(C)C)CCC32)C1. The molecule has 0 N–H and O–H groups in total. The Labute approximate surface area is 204 Å². The lowest BCUT2D eigenvalue weighted by atomic mass is 9.47. The molecule has 0 amide bonds. The van der Waals surface area contributed by atoms with Gasteiger partial charge in [0, 0.05) is 12.5 Å². The molecule has 0 radical (unpaired) electrons. The van der Waals surface area contributed by atoms with Crippen molar-refractivity contribution in [3.8, 4) is 0 Å². The minimum Gasteiger partial charge on any atom is -0.459 e. The largest absolute Gasteiger partial charge is 0.459 e. The Morgan fingerprint density at radius 1 is 1.09 bits per heavy atom. The van der Waals surface area contributed by atoms with Crippen molar-refractivity contribution in [2.45, 2.75) is 118 Å². The second kappa shape index (κ2) is 9.90. The maximum Gasteiger partial charge on any atom is 0.330 e. The third kappa shape index (κ3) is 4.74. The van der Waals surface area contributed by atoms with E-state index in [4.69, 9.17) is 4.74 Å². The molecule has 33 heavy (non-hydrogen) atoms. The molecular weight excluding hydrogens is 404 g/mol. The van der Waals surface area contributed by atoms with Crippen LogP contribution < -0.4 is 0 Å². The standard InChI is InChI=1S/C31H50O2/c1-7-9-29(32)33-24-16-18-30(5)23(20-24)12-13-25-27-15-14-26(22(4)11-8-10-21(2)3)31(27,6)19-17-28(25)30/h7,9,12,21-22,24-28H,8,10-11,13-20H2,1-6H3/b9-7+. The highest BCUT2D eigenvalue weighted by atomic mass is 16.5. The third-order valence-electron chi connectivity index (χ3n) is 10.8. The minimum absolute atomic E-state index is 0.0704. The first kappa shape index (κ1) is 25.1. The zero-order chi connectivity index (χ0) is 23.8. The van der Waals surface area contributed by atoms with E-state index >= 15 is 0 Å². The van der Waals surface area contributed by atoms with Crippen molar-refractivity contribution < 1.29 is 9.53 Å². The number of carbonyl (C=O) groups is 1. The molecule has 2 nitrogen and oxygen atoms in total. The molecule has 0 saturated heterocycles. The van der Waals surface area contributed by atoms with Gasteiger partial charge in [0.05, 0.1) is 0 Å². The van der Waals surface area contributed by atoms with Gasteiger partial charge in [0.25, 0.3) is 0 Å². The van der Waals surface area contributed by atoms with Crippen LogP contribution >= 0.6 is 0 Å². The Bertz CT molecular complexity index is 763. The molecule has 4 aliphatic rings. The molecule has 0 heterocycles. The van der Waals surface area contributed by atoms with Crippen LogP contribution in [0, 0.1) is 46.3 Å². The molecule has 186 valence electrons. The lowest BCUT2D eigenvalue weighted by Gasteiger charge is -2.58. The molecule has 3 saturated carbocycles. The number of allylic oxidation sites excluding steroid dienone is 2. The Balaban J connectivity index is 1.44. The lowest BCUT2D eigenvalue weighted by Crippen LogP contribution is -2.51. The summed E-state index contributed by atoms with van der Waals surface area (Å²) in [7, 11) is 0. The van der Waals surface area contributed by atoms with E-state index in [0.29, 0.717) is 10.8 Å². The van der Waals surface area contributed by atoms with E-state index in [1.54, 1.807) is 17.7 Å². The molecule has 8 atom stereocenters. The molecule has 0 aliphatic heterocycles. The van der Waals surface area contributed by atoms with E-state index in [9.17, 15) is 4.79 Å². The lowest BCUT2D eigenvalue weighted by molar-refractivity contribution is -0.145. The fourth-order valence-corrected chi connectivity index (χ4v) is 9.09. The van der Waals surface area contributed by atoms with Gasteiger partial charge in [-0.25, -0.2) is 4.79 Å². The highest BCUT2D eigenvalue weighted by Crippen LogP contribution is 2.67. The van der Waals surface area contributed by atoms with Gasteiger partial charge in [0.15, 0.2) is 0 Å². The summed E-state index contributed by atoms with van der Waals surface area (Å²) in [5.41, 5.74) is 2.49. The van der Waals surface area contributed by atoms with Gasteiger partial charge in [-0.1, -0.05) is 71.6 Å². The predicted octanol–water partition coefficient (Wildman–Crippen LogP) is 8.52. The quantitative estimate of drug-likeness (QED) is 0.219. The van der Waals surface area contributed by atoms with Crippen molar-refractivity contribution >= 4 is 5.97 Å². The Morgan fingerprint density at radius 2 is 1.88 bits per heavy atom.